The zero-order valence-corrected chi connectivity index (χ0v) is 13.0. The average molecular weight is 326 g/mol. The van der Waals surface area contributed by atoms with Crippen molar-refractivity contribution in [2.24, 2.45) is 0 Å². The fourth-order valence-corrected chi connectivity index (χ4v) is 2.39. The number of halogens is 2. The molecule has 2 rings (SSSR count). The van der Waals surface area contributed by atoms with Gasteiger partial charge in [-0.3, -0.25) is 4.79 Å². The molecule has 0 saturated heterocycles. The first-order valence-electron chi connectivity index (χ1n) is 5.99. The van der Waals surface area contributed by atoms with E-state index in [0.29, 0.717) is 27.8 Å². The van der Waals surface area contributed by atoms with Gasteiger partial charge in [-0.1, -0.05) is 23.2 Å². The smallest absolute Gasteiger partial charge is 0.198 e. The van der Waals surface area contributed by atoms with Crippen LogP contribution in [0.4, 0.5) is 5.69 Å². The Balaban J connectivity index is 2.55. The lowest BCUT2D eigenvalue weighted by molar-refractivity contribution is 0.103. The number of hydrogen-bond acceptors (Lipinski definition) is 4. The summed E-state index contributed by atoms with van der Waals surface area (Å²) in [6, 6.07) is 7.78. The van der Waals surface area contributed by atoms with E-state index in [1.165, 1.54) is 32.4 Å². The molecule has 0 spiro atoms. The topological polar surface area (TPSA) is 61.5 Å². The third kappa shape index (κ3) is 3.06. The van der Waals surface area contributed by atoms with Crippen LogP contribution in [0.2, 0.25) is 10.0 Å². The number of ether oxygens (including phenoxy) is 2. The fourth-order valence-electron chi connectivity index (χ4n) is 1.91. The summed E-state index contributed by atoms with van der Waals surface area (Å²) in [6.07, 6.45) is 0. The summed E-state index contributed by atoms with van der Waals surface area (Å²) >= 11 is 12.2. The van der Waals surface area contributed by atoms with E-state index >= 15 is 0 Å². The summed E-state index contributed by atoms with van der Waals surface area (Å²) in [5.41, 5.74) is 6.75. The van der Waals surface area contributed by atoms with E-state index in [2.05, 4.69) is 0 Å². The van der Waals surface area contributed by atoms with Gasteiger partial charge in [-0.25, -0.2) is 0 Å². The first-order chi connectivity index (χ1) is 9.97. The highest BCUT2D eigenvalue weighted by atomic mass is 35.5. The van der Waals surface area contributed by atoms with Crippen LogP contribution in [-0.2, 0) is 0 Å². The highest BCUT2D eigenvalue weighted by Crippen LogP contribution is 2.33. The van der Waals surface area contributed by atoms with Crippen LogP contribution < -0.4 is 15.2 Å². The van der Waals surface area contributed by atoms with Gasteiger partial charge in [0, 0.05) is 17.3 Å². The van der Waals surface area contributed by atoms with Crippen molar-refractivity contribution in [3.8, 4) is 11.5 Å². The minimum atomic E-state index is -0.325. The van der Waals surface area contributed by atoms with Gasteiger partial charge in [-0.05, 0) is 24.3 Å². The lowest BCUT2D eigenvalue weighted by atomic mass is 10.0. The van der Waals surface area contributed by atoms with Crippen LogP contribution in [0.25, 0.3) is 0 Å². The van der Waals surface area contributed by atoms with E-state index in [1.807, 2.05) is 0 Å². The molecule has 0 radical (unpaired) electrons. The van der Waals surface area contributed by atoms with Crippen LogP contribution in [0.3, 0.4) is 0 Å². The summed E-state index contributed by atoms with van der Waals surface area (Å²) in [7, 11) is 2.95. The minimum Gasteiger partial charge on any atom is -0.496 e. The number of carbonyl (C=O) groups excluding carboxylic acids is 1. The van der Waals surface area contributed by atoms with Crippen molar-refractivity contribution in [3.05, 3.63) is 51.5 Å². The van der Waals surface area contributed by atoms with Crippen LogP contribution in [-0.4, -0.2) is 20.0 Å². The number of hydrogen-bond donors (Lipinski definition) is 1. The highest BCUT2D eigenvalue weighted by Gasteiger charge is 2.19. The van der Waals surface area contributed by atoms with E-state index < -0.39 is 0 Å². The zero-order valence-electron chi connectivity index (χ0n) is 11.4. The molecule has 0 aliphatic rings. The molecule has 4 nitrogen and oxygen atoms in total. The summed E-state index contributed by atoms with van der Waals surface area (Å²) in [4.78, 5) is 12.6. The number of nitrogen functional groups attached to an aromatic ring is 1. The predicted molar refractivity (Wildman–Crippen MR) is 83.9 cm³/mol. The lowest BCUT2D eigenvalue weighted by Crippen LogP contribution is -2.06. The molecule has 6 heteroatoms. The molecular formula is C15H13Cl2NO3. The third-order valence-corrected chi connectivity index (χ3v) is 3.56. The second kappa shape index (κ2) is 6.24. The van der Waals surface area contributed by atoms with Crippen LogP contribution in [0.1, 0.15) is 15.9 Å². The highest BCUT2D eigenvalue weighted by molar-refractivity contribution is 6.37. The molecule has 0 atom stereocenters. The Kier molecular flexibility index (Phi) is 4.60. The Labute approximate surface area is 132 Å². The second-order valence-corrected chi connectivity index (χ2v) is 5.07. The minimum absolute atomic E-state index is 0.241. The van der Waals surface area contributed by atoms with Gasteiger partial charge in [0.1, 0.15) is 11.5 Å². The summed E-state index contributed by atoms with van der Waals surface area (Å²) in [5, 5.41) is 0.541. The Morgan fingerprint density at radius 2 is 1.62 bits per heavy atom. The van der Waals surface area contributed by atoms with Gasteiger partial charge in [-0.2, -0.15) is 0 Å². The lowest BCUT2D eigenvalue weighted by Gasteiger charge is -2.11. The maximum Gasteiger partial charge on any atom is 0.198 e. The maximum atomic E-state index is 12.6. The van der Waals surface area contributed by atoms with Crippen LogP contribution in [0.15, 0.2) is 30.3 Å². The summed E-state index contributed by atoms with van der Waals surface area (Å²) < 4.78 is 10.2. The van der Waals surface area contributed by atoms with Crippen molar-refractivity contribution in [2.75, 3.05) is 20.0 Å². The molecule has 0 heterocycles. The van der Waals surface area contributed by atoms with E-state index in [0.717, 1.165) is 0 Å². The molecule has 0 amide bonds. The van der Waals surface area contributed by atoms with Crippen LogP contribution >= 0.6 is 23.2 Å². The fraction of sp³-hybridized carbons (Fsp3) is 0.133. The number of ketones is 1. The van der Waals surface area contributed by atoms with Gasteiger partial charge < -0.3 is 15.2 Å². The normalized spacial score (nSPS) is 10.3. The van der Waals surface area contributed by atoms with Crippen molar-refractivity contribution in [2.45, 2.75) is 0 Å². The number of methoxy groups -OCH3 is 2. The van der Waals surface area contributed by atoms with E-state index in [1.54, 1.807) is 12.1 Å². The molecule has 0 saturated carbocycles. The standard InChI is InChI=1S/C15H13Cl2NO3/c1-20-13-4-3-8(18)5-10(13)15(19)9-6-12(17)14(21-2)7-11(9)16/h3-7H,18H2,1-2H3. The van der Waals surface area contributed by atoms with E-state index in [4.69, 9.17) is 38.4 Å². The van der Waals surface area contributed by atoms with Gasteiger partial charge in [-0.15, -0.1) is 0 Å². The third-order valence-electron chi connectivity index (χ3n) is 2.95. The van der Waals surface area contributed by atoms with Crippen molar-refractivity contribution in [1.82, 2.24) is 0 Å². The van der Waals surface area contributed by atoms with Crippen molar-refractivity contribution >= 4 is 34.7 Å². The molecule has 0 aliphatic carbocycles. The van der Waals surface area contributed by atoms with Gasteiger partial charge in [0.25, 0.3) is 0 Å². The van der Waals surface area contributed by atoms with Gasteiger partial charge in [0.2, 0.25) is 0 Å². The molecule has 21 heavy (non-hydrogen) atoms. The quantitative estimate of drug-likeness (QED) is 0.685. The maximum absolute atomic E-state index is 12.6. The number of rotatable bonds is 4. The van der Waals surface area contributed by atoms with Crippen molar-refractivity contribution < 1.29 is 14.3 Å². The molecule has 2 aromatic carbocycles. The molecule has 2 aromatic rings. The van der Waals surface area contributed by atoms with Gasteiger partial charge in [0.05, 0.1) is 29.8 Å². The number of benzene rings is 2. The Hall–Kier alpha value is -1.91. The van der Waals surface area contributed by atoms with Crippen molar-refractivity contribution in [3.63, 3.8) is 0 Å². The molecule has 0 bridgehead atoms. The van der Waals surface area contributed by atoms with Crippen LogP contribution in [0.5, 0.6) is 11.5 Å². The molecule has 0 fully saturated rings. The molecule has 0 aliphatic heterocycles. The summed E-state index contributed by atoms with van der Waals surface area (Å²) in [5.74, 6) is 0.490. The Bertz CT molecular complexity index is 702. The second-order valence-electron chi connectivity index (χ2n) is 4.26. The zero-order chi connectivity index (χ0) is 15.6. The Morgan fingerprint density at radius 1 is 0.952 bits per heavy atom. The number of anilines is 1. The molecular weight excluding hydrogens is 313 g/mol. The Morgan fingerprint density at radius 3 is 2.24 bits per heavy atom. The largest absolute Gasteiger partial charge is 0.496 e. The van der Waals surface area contributed by atoms with E-state index in [-0.39, 0.29) is 16.4 Å². The van der Waals surface area contributed by atoms with Crippen molar-refractivity contribution in [1.29, 1.82) is 0 Å². The molecule has 2 N–H and O–H groups in total. The predicted octanol–water partition coefficient (Wildman–Crippen LogP) is 3.82. The first-order valence-corrected chi connectivity index (χ1v) is 6.74. The summed E-state index contributed by atoms with van der Waals surface area (Å²) in [6.45, 7) is 0. The molecule has 110 valence electrons. The monoisotopic (exact) mass is 325 g/mol. The first kappa shape index (κ1) is 15.5. The number of nitrogens with two attached hydrogens (primary N) is 1. The van der Waals surface area contributed by atoms with E-state index in [9.17, 15) is 4.79 Å². The number of carbonyl (C=O) groups is 1. The average Bonchev–Trinajstić information content (AvgIpc) is 2.48. The van der Waals surface area contributed by atoms with Crippen LogP contribution in [0, 0.1) is 0 Å². The van der Waals surface area contributed by atoms with Gasteiger partial charge >= 0.3 is 0 Å². The SMILES string of the molecule is COc1cc(Cl)c(C(=O)c2cc(N)ccc2OC)cc1Cl. The molecule has 0 aromatic heterocycles. The molecule has 0 unspecified atom stereocenters. The van der Waals surface area contributed by atoms with Gasteiger partial charge in [0.15, 0.2) is 5.78 Å².